The highest BCUT2D eigenvalue weighted by molar-refractivity contribution is 6.32. The Bertz CT molecular complexity index is 858. The molecule has 1 N–H and O–H groups in total. The highest BCUT2D eigenvalue weighted by atomic mass is 35.5. The maximum Gasteiger partial charge on any atom is 0.121 e. The van der Waals surface area contributed by atoms with E-state index in [9.17, 15) is 0 Å². The van der Waals surface area contributed by atoms with E-state index < -0.39 is 0 Å². The Morgan fingerprint density at radius 1 is 0.815 bits per heavy atom. The van der Waals surface area contributed by atoms with Crippen molar-refractivity contribution >= 4 is 17.3 Å². The van der Waals surface area contributed by atoms with E-state index in [0.717, 1.165) is 38.9 Å². The number of benzene rings is 3. The van der Waals surface area contributed by atoms with Crippen LogP contribution in [0.1, 0.15) is 16.7 Å². The van der Waals surface area contributed by atoms with E-state index >= 15 is 0 Å². The van der Waals surface area contributed by atoms with Crippen LogP contribution in [0.25, 0.3) is 0 Å². The van der Waals surface area contributed by atoms with Crippen molar-refractivity contribution in [1.29, 1.82) is 0 Å². The Labute approximate surface area is 165 Å². The van der Waals surface area contributed by atoms with Crippen LogP contribution in [0.4, 0.5) is 5.69 Å². The summed E-state index contributed by atoms with van der Waals surface area (Å²) >= 11 is 6.19. The molecule has 3 aromatic carbocycles. The third-order valence-electron chi connectivity index (χ3n) is 4.19. The van der Waals surface area contributed by atoms with Crippen LogP contribution in [0.2, 0.25) is 5.02 Å². The third-order valence-corrected chi connectivity index (χ3v) is 4.79. The Balaban J connectivity index is 1.47. The molecule has 0 bridgehead atoms. The van der Waals surface area contributed by atoms with Gasteiger partial charge in [0.05, 0.1) is 0 Å². The van der Waals surface area contributed by atoms with E-state index in [-0.39, 0.29) is 0 Å². The van der Waals surface area contributed by atoms with Crippen LogP contribution in [-0.2, 0) is 6.61 Å². The maximum atomic E-state index is 6.19. The molecule has 0 spiro atoms. The molecule has 27 heavy (non-hydrogen) atoms. The zero-order valence-electron chi connectivity index (χ0n) is 15.7. The first kappa shape index (κ1) is 19.1. The smallest absolute Gasteiger partial charge is 0.121 e. The molecule has 0 aliphatic rings. The SMILES string of the molecule is Cc1cc(OCCNc2cccc(OCc3ccccc3)c2)cc(C)c1Cl. The van der Waals surface area contributed by atoms with Gasteiger partial charge in [-0.2, -0.15) is 0 Å². The molecule has 3 nitrogen and oxygen atoms in total. The quantitative estimate of drug-likeness (QED) is 0.483. The molecule has 0 aliphatic carbocycles. The first-order chi connectivity index (χ1) is 13.1. The minimum atomic E-state index is 0.558. The van der Waals surface area contributed by atoms with Crippen molar-refractivity contribution < 1.29 is 9.47 Å². The fourth-order valence-corrected chi connectivity index (χ4v) is 2.90. The molecule has 0 heterocycles. The normalized spacial score (nSPS) is 10.5. The molecule has 0 aromatic heterocycles. The van der Waals surface area contributed by atoms with Gasteiger partial charge in [0.25, 0.3) is 0 Å². The second-order valence-corrected chi connectivity index (χ2v) is 6.83. The van der Waals surface area contributed by atoms with Crippen molar-refractivity contribution in [2.24, 2.45) is 0 Å². The average molecular weight is 382 g/mol. The Morgan fingerprint density at radius 3 is 2.30 bits per heavy atom. The molecule has 0 radical (unpaired) electrons. The van der Waals surface area contributed by atoms with Gasteiger partial charge in [-0.05, 0) is 54.8 Å². The van der Waals surface area contributed by atoms with Gasteiger partial charge in [0.1, 0.15) is 24.7 Å². The van der Waals surface area contributed by atoms with Crippen molar-refractivity contribution in [1.82, 2.24) is 0 Å². The lowest BCUT2D eigenvalue weighted by molar-refractivity contribution is 0.306. The monoisotopic (exact) mass is 381 g/mol. The van der Waals surface area contributed by atoms with Crippen LogP contribution in [0.3, 0.4) is 0 Å². The Morgan fingerprint density at radius 2 is 1.56 bits per heavy atom. The van der Waals surface area contributed by atoms with Crippen LogP contribution < -0.4 is 14.8 Å². The molecule has 0 aliphatic heterocycles. The molecule has 0 fully saturated rings. The molecule has 3 rings (SSSR count). The molecule has 0 atom stereocenters. The second kappa shape index (κ2) is 9.33. The van der Waals surface area contributed by atoms with Crippen molar-refractivity contribution in [2.75, 3.05) is 18.5 Å². The first-order valence-corrected chi connectivity index (χ1v) is 9.40. The summed E-state index contributed by atoms with van der Waals surface area (Å²) in [4.78, 5) is 0. The predicted molar refractivity (Wildman–Crippen MR) is 112 cm³/mol. The van der Waals surface area contributed by atoms with Crippen LogP contribution in [0.5, 0.6) is 11.5 Å². The molecule has 0 saturated heterocycles. The highest BCUT2D eigenvalue weighted by Crippen LogP contribution is 2.26. The number of hydrogen-bond acceptors (Lipinski definition) is 3. The van der Waals surface area contributed by atoms with Crippen molar-refractivity contribution in [2.45, 2.75) is 20.5 Å². The molecular formula is C23H24ClNO2. The summed E-state index contributed by atoms with van der Waals surface area (Å²) in [6.07, 6.45) is 0. The van der Waals surface area contributed by atoms with Gasteiger partial charge in [0, 0.05) is 23.3 Å². The molecule has 0 unspecified atom stereocenters. The molecule has 4 heteroatoms. The van der Waals surface area contributed by atoms with Crippen molar-refractivity contribution in [3.63, 3.8) is 0 Å². The average Bonchev–Trinajstić information content (AvgIpc) is 2.69. The van der Waals surface area contributed by atoms with Crippen molar-refractivity contribution in [3.05, 3.63) is 88.4 Å². The van der Waals surface area contributed by atoms with Crippen LogP contribution in [-0.4, -0.2) is 13.2 Å². The van der Waals surface area contributed by atoms with Crippen LogP contribution in [0, 0.1) is 13.8 Å². The lowest BCUT2D eigenvalue weighted by Gasteiger charge is -2.12. The minimum Gasteiger partial charge on any atom is -0.492 e. The molecular weight excluding hydrogens is 358 g/mol. The number of aryl methyl sites for hydroxylation is 2. The van der Waals surface area contributed by atoms with Gasteiger partial charge < -0.3 is 14.8 Å². The van der Waals surface area contributed by atoms with E-state index in [1.54, 1.807) is 0 Å². The molecule has 140 valence electrons. The van der Waals surface area contributed by atoms with E-state index in [2.05, 4.69) is 17.4 Å². The minimum absolute atomic E-state index is 0.558. The van der Waals surface area contributed by atoms with E-state index in [1.807, 2.05) is 68.4 Å². The molecule has 0 saturated carbocycles. The number of halogens is 1. The van der Waals surface area contributed by atoms with Gasteiger partial charge in [-0.3, -0.25) is 0 Å². The second-order valence-electron chi connectivity index (χ2n) is 6.45. The topological polar surface area (TPSA) is 30.5 Å². The zero-order valence-corrected chi connectivity index (χ0v) is 16.4. The summed E-state index contributed by atoms with van der Waals surface area (Å²) in [5, 5.41) is 4.16. The number of hydrogen-bond donors (Lipinski definition) is 1. The number of rotatable bonds is 8. The van der Waals surface area contributed by atoms with E-state index in [1.165, 1.54) is 0 Å². The van der Waals surface area contributed by atoms with Gasteiger partial charge >= 0.3 is 0 Å². The zero-order chi connectivity index (χ0) is 19.1. The van der Waals surface area contributed by atoms with Crippen molar-refractivity contribution in [3.8, 4) is 11.5 Å². The van der Waals surface area contributed by atoms with E-state index in [0.29, 0.717) is 19.8 Å². The summed E-state index contributed by atoms with van der Waals surface area (Å²) in [5.74, 6) is 1.69. The number of anilines is 1. The third kappa shape index (κ3) is 5.66. The Kier molecular flexibility index (Phi) is 6.61. The summed E-state index contributed by atoms with van der Waals surface area (Å²) in [5.41, 5.74) is 4.22. The first-order valence-electron chi connectivity index (χ1n) is 9.02. The van der Waals surface area contributed by atoms with Crippen LogP contribution in [0.15, 0.2) is 66.7 Å². The maximum absolute atomic E-state index is 6.19. The number of ether oxygens (including phenoxy) is 2. The largest absolute Gasteiger partial charge is 0.492 e. The van der Waals surface area contributed by atoms with E-state index in [4.69, 9.17) is 21.1 Å². The molecule has 3 aromatic rings. The summed E-state index contributed by atoms with van der Waals surface area (Å²) in [6.45, 7) is 5.80. The van der Waals surface area contributed by atoms with Gasteiger partial charge in [-0.15, -0.1) is 0 Å². The standard InChI is InChI=1S/C23H24ClNO2/c1-17-13-22(14-18(2)23(17)24)26-12-11-25-20-9-6-10-21(15-20)27-16-19-7-4-3-5-8-19/h3-10,13-15,25H,11-12,16H2,1-2H3. The summed E-state index contributed by atoms with van der Waals surface area (Å²) < 4.78 is 11.7. The fourth-order valence-electron chi connectivity index (χ4n) is 2.79. The lowest BCUT2D eigenvalue weighted by Crippen LogP contribution is -2.11. The predicted octanol–water partition coefficient (Wildman–Crippen LogP) is 6.03. The Hall–Kier alpha value is -2.65. The summed E-state index contributed by atoms with van der Waals surface area (Å²) in [6, 6.07) is 22.0. The van der Waals surface area contributed by atoms with Gasteiger partial charge in [0.15, 0.2) is 0 Å². The van der Waals surface area contributed by atoms with Gasteiger partial charge in [-0.1, -0.05) is 48.0 Å². The van der Waals surface area contributed by atoms with Gasteiger partial charge in [-0.25, -0.2) is 0 Å². The number of nitrogens with one attached hydrogen (secondary N) is 1. The fraction of sp³-hybridized carbons (Fsp3) is 0.217. The van der Waals surface area contributed by atoms with Crippen LogP contribution >= 0.6 is 11.6 Å². The summed E-state index contributed by atoms with van der Waals surface area (Å²) in [7, 11) is 0. The van der Waals surface area contributed by atoms with Gasteiger partial charge in [0.2, 0.25) is 0 Å². The lowest BCUT2D eigenvalue weighted by atomic mass is 10.1. The molecule has 0 amide bonds. The highest BCUT2D eigenvalue weighted by Gasteiger charge is 2.04.